The van der Waals surface area contributed by atoms with E-state index in [2.05, 4.69) is 4.98 Å². The van der Waals surface area contributed by atoms with Crippen LogP contribution in [0, 0.1) is 11.6 Å². The van der Waals surface area contributed by atoms with Gasteiger partial charge in [0.15, 0.2) is 0 Å². The highest BCUT2D eigenvalue weighted by Crippen LogP contribution is 2.21. The van der Waals surface area contributed by atoms with Crippen LogP contribution in [0.15, 0.2) is 36.5 Å². The van der Waals surface area contributed by atoms with Gasteiger partial charge in [0.2, 0.25) is 5.91 Å². The van der Waals surface area contributed by atoms with E-state index in [4.69, 9.17) is 0 Å². The van der Waals surface area contributed by atoms with Crippen LogP contribution in [0.25, 0.3) is 0 Å². The molecule has 0 saturated heterocycles. The summed E-state index contributed by atoms with van der Waals surface area (Å²) < 4.78 is 27.0. The van der Waals surface area contributed by atoms with Gasteiger partial charge < -0.3 is 5.32 Å². The zero-order valence-electron chi connectivity index (χ0n) is 11.5. The second kappa shape index (κ2) is 5.56. The van der Waals surface area contributed by atoms with Gasteiger partial charge >= 0.3 is 0 Å². The van der Waals surface area contributed by atoms with Crippen LogP contribution in [0.4, 0.5) is 14.5 Å². The Balaban J connectivity index is 1.77. The number of para-hydroxylation sites is 1. The number of halogens is 2. The maximum absolute atomic E-state index is 13.5. The Morgan fingerprint density at radius 2 is 1.78 bits per heavy atom. The third-order valence-corrected chi connectivity index (χ3v) is 3.26. The van der Waals surface area contributed by atoms with Crippen LogP contribution >= 0.6 is 0 Å². The molecule has 1 aromatic heterocycles. The molecule has 0 saturated carbocycles. The van der Waals surface area contributed by atoms with E-state index in [-0.39, 0.29) is 11.3 Å². The lowest BCUT2D eigenvalue weighted by Gasteiger charge is -2.13. The van der Waals surface area contributed by atoms with Crippen molar-refractivity contribution >= 4 is 23.4 Å². The van der Waals surface area contributed by atoms with Gasteiger partial charge in [-0.1, -0.05) is 6.07 Å². The van der Waals surface area contributed by atoms with E-state index in [0.717, 1.165) is 18.2 Å². The molecule has 0 radical (unpaired) electrons. The standard InChI is InChI=1S/C15H9F2N3O3/c16-9-4-1-5-10(17)13(9)19-11(21)7-20-14(22)8-3-2-6-18-12(8)15(20)23/h1-6H,7H2,(H,19,21). The summed E-state index contributed by atoms with van der Waals surface area (Å²) in [5, 5.41) is 2.02. The minimum absolute atomic E-state index is 0.0534. The fourth-order valence-electron chi connectivity index (χ4n) is 2.20. The maximum atomic E-state index is 13.5. The van der Waals surface area contributed by atoms with Gasteiger partial charge in [-0.2, -0.15) is 0 Å². The van der Waals surface area contributed by atoms with E-state index in [1.807, 2.05) is 5.32 Å². The molecule has 1 aromatic carbocycles. The molecule has 3 rings (SSSR count). The molecule has 1 N–H and O–H groups in total. The number of nitrogens with zero attached hydrogens (tertiary/aromatic N) is 2. The summed E-state index contributed by atoms with van der Waals surface area (Å²) in [6.07, 6.45) is 1.35. The number of hydrogen-bond acceptors (Lipinski definition) is 4. The molecule has 3 amide bonds. The SMILES string of the molecule is O=C(CN1C(=O)c2cccnc2C1=O)Nc1c(F)cccc1F. The fourth-order valence-corrected chi connectivity index (χ4v) is 2.20. The van der Waals surface area contributed by atoms with Crippen molar-refractivity contribution in [1.82, 2.24) is 9.88 Å². The molecule has 0 fully saturated rings. The van der Waals surface area contributed by atoms with Crippen molar-refractivity contribution in [2.75, 3.05) is 11.9 Å². The highest BCUT2D eigenvalue weighted by atomic mass is 19.1. The third kappa shape index (κ3) is 2.54. The van der Waals surface area contributed by atoms with E-state index in [0.29, 0.717) is 4.90 Å². The molecule has 116 valence electrons. The molecule has 23 heavy (non-hydrogen) atoms. The molecule has 0 atom stereocenters. The fraction of sp³-hybridized carbons (Fsp3) is 0.0667. The van der Waals surface area contributed by atoms with Crippen molar-refractivity contribution < 1.29 is 23.2 Å². The lowest BCUT2D eigenvalue weighted by Crippen LogP contribution is -2.37. The molecule has 0 spiro atoms. The van der Waals surface area contributed by atoms with Crippen LogP contribution in [0.1, 0.15) is 20.8 Å². The van der Waals surface area contributed by atoms with Crippen molar-refractivity contribution in [1.29, 1.82) is 0 Å². The molecule has 0 aliphatic carbocycles. The van der Waals surface area contributed by atoms with Gasteiger partial charge in [0.1, 0.15) is 29.6 Å². The lowest BCUT2D eigenvalue weighted by atomic mass is 10.2. The van der Waals surface area contributed by atoms with Crippen LogP contribution in [0.2, 0.25) is 0 Å². The van der Waals surface area contributed by atoms with Crippen molar-refractivity contribution in [3.05, 3.63) is 59.4 Å². The van der Waals surface area contributed by atoms with E-state index in [9.17, 15) is 23.2 Å². The minimum Gasteiger partial charge on any atom is -0.320 e. The van der Waals surface area contributed by atoms with Crippen molar-refractivity contribution in [2.45, 2.75) is 0 Å². The molecule has 2 heterocycles. The summed E-state index contributed by atoms with van der Waals surface area (Å²) in [4.78, 5) is 40.5. The Morgan fingerprint density at radius 1 is 1.09 bits per heavy atom. The summed E-state index contributed by atoms with van der Waals surface area (Å²) >= 11 is 0. The summed E-state index contributed by atoms with van der Waals surface area (Å²) in [7, 11) is 0. The topological polar surface area (TPSA) is 79.4 Å². The first kappa shape index (κ1) is 14.8. The number of carbonyl (C=O) groups excluding carboxylic acids is 3. The largest absolute Gasteiger partial charge is 0.320 e. The molecule has 0 bridgehead atoms. The van der Waals surface area contributed by atoms with E-state index < -0.39 is 41.6 Å². The normalized spacial score (nSPS) is 13.2. The zero-order valence-corrected chi connectivity index (χ0v) is 11.5. The average Bonchev–Trinajstić information content (AvgIpc) is 2.77. The summed E-state index contributed by atoms with van der Waals surface area (Å²) in [5.41, 5.74) is -0.600. The van der Waals surface area contributed by atoms with Gasteiger partial charge in [0, 0.05) is 6.20 Å². The molecule has 8 heteroatoms. The number of rotatable bonds is 3. The first-order valence-electron chi connectivity index (χ1n) is 6.54. The van der Waals surface area contributed by atoms with Gasteiger partial charge in [-0.3, -0.25) is 24.3 Å². The number of hydrogen-bond donors (Lipinski definition) is 1. The first-order chi connectivity index (χ1) is 11.0. The highest BCUT2D eigenvalue weighted by molar-refractivity contribution is 6.21. The Bertz CT molecular complexity index is 783. The molecular weight excluding hydrogens is 308 g/mol. The number of fused-ring (bicyclic) bond motifs is 1. The Kier molecular flexibility index (Phi) is 3.57. The van der Waals surface area contributed by atoms with Gasteiger partial charge in [0.05, 0.1) is 5.56 Å². The van der Waals surface area contributed by atoms with E-state index in [1.54, 1.807) is 0 Å². The predicted octanol–water partition coefficient (Wildman–Crippen LogP) is 1.59. The van der Waals surface area contributed by atoms with Gasteiger partial charge in [-0.25, -0.2) is 8.78 Å². The maximum Gasteiger partial charge on any atom is 0.280 e. The number of nitrogens with one attached hydrogen (secondary N) is 1. The monoisotopic (exact) mass is 317 g/mol. The minimum atomic E-state index is -0.956. The summed E-state index contributed by atoms with van der Waals surface area (Å²) in [5.74, 6) is -4.22. The molecule has 6 nitrogen and oxygen atoms in total. The number of imide groups is 1. The quantitative estimate of drug-likeness (QED) is 0.872. The van der Waals surface area contributed by atoms with E-state index in [1.165, 1.54) is 18.3 Å². The summed E-state index contributed by atoms with van der Waals surface area (Å²) in [6, 6.07) is 6.00. The van der Waals surface area contributed by atoms with Gasteiger partial charge in [-0.15, -0.1) is 0 Å². The molecule has 1 aliphatic heterocycles. The highest BCUT2D eigenvalue weighted by Gasteiger charge is 2.37. The first-order valence-corrected chi connectivity index (χ1v) is 6.54. The predicted molar refractivity (Wildman–Crippen MR) is 74.6 cm³/mol. The van der Waals surface area contributed by atoms with Gasteiger partial charge in [-0.05, 0) is 24.3 Å². The number of amides is 3. The second-order valence-corrected chi connectivity index (χ2v) is 4.74. The van der Waals surface area contributed by atoms with Crippen molar-refractivity contribution in [3.8, 4) is 0 Å². The number of aromatic nitrogens is 1. The van der Waals surface area contributed by atoms with Crippen LogP contribution in [-0.2, 0) is 4.79 Å². The van der Waals surface area contributed by atoms with Crippen LogP contribution in [0.5, 0.6) is 0 Å². The molecular formula is C15H9F2N3O3. The number of pyridine rings is 1. The second-order valence-electron chi connectivity index (χ2n) is 4.74. The smallest absolute Gasteiger partial charge is 0.280 e. The molecule has 2 aromatic rings. The third-order valence-electron chi connectivity index (χ3n) is 3.26. The number of benzene rings is 1. The zero-order chi connectivity index (χ0) is 16.6. The van der Waals surface area contributed by atoms with Crippen molar-refractivity contribution in [3.63, 3.8) is 0 Å². The van der Waals surface area contributed by atoms with Gasteiger partial charge in [0.25, 0.3) is 11.8 Å². The number of anilines is 1. The summed E-state index contributed by atoms with van der Waals surface area (Å²) in [6.45, 7) is -0.665. The molecule has 1 aliphatic rings. The van der Waals surface area contributed by atoms with E-state index >= 15 is 0 Å². The number of carbonyl (C=O) groups is 3. The average molecular weight is 317 g/mol. The molecule has 0 unspecified atom stereocenters. The Labute approximate surface area is 128 Å². The lowest BCUT2D eigenvalue weighted by molar-refractivity contribution is -0.116. The van der Waals surface area contributed by atoms with Crippen molar-refractivity contribution in [2.24, 2.45) is 0 Å². The van der Waals surface area contributed by atoms with Crippen LogP contribution in [0.3, 0.4) is 0 Å². The Hall–Kier alpha value is -3.16. The van der Waals surface area contributed by atoms with Crippen LogP contribution in [-0.4, -0.2) is 34.2 Å². The Morgan fingerprint density at radius 3 is 2.43 bits per heavy atom. The van der Waals surface area contributed by atoms with Crippen LogP contribution < -0.4 is 5.32 Å².